The van der Waals surface area contributed by atoms with Crippen molar-refractivity contribution in [1.82, 2.24) is 0 Å². The number of aryl methyl sites for hydroxylation is 1. The van der Waals surface area contributed by atoms with Gasteiger partial charge in [-0.15, -0.1) is 0 Å². The van der Waals surface area contributed by atoms with E-state index in [0.717, 1.165) is 32.1 Å². The van der Waals surface area contributed by atoms with Gasteiger partial charge in [0.2, 0.25) is 0 Å². The number of hydrogen-bond donors (Lipinski definition) is 3. The molecule has 3 heteroatoms. The van der Waals surface area contributed by atoms with Gasteiger partial charge in [0.1, 0.15) is 0 Å². The zero-order valence-electron chi connectivity index (χ0n) is 13.2. The zero-order chi connectivity index (χ0) is 15.6. The van der Waals surface area contributed by atoms with Crippen LogP contribution in [-0.4, -0.2) is 33.6 Å². The molecule has 0 spiro atoms. The molecular weight excluding hydrogens is 264 g/mol. The van der Waals surface area contributed by atoms with Crippen molar-refractivity contribution in [2.24, 2.45) is 0 Å². The van der Waals surface area contributed by atoms with Gasteiger partial charge in [-0.2, -0.15) is 0 Å². The van der Waals surface area contributed by atoms with E-state index in [0.29, 0.717) is 12.8 Å². The molecule has 0 heterocycles. The summed E-state index contributed by atoms with van der Waals surface area (Å²) < 4.78 is 0. The van der Waals surface area contributed by atoms with Crippen molar-refractivity contribution in [2.75, 3.05) is 6.61 Å². The molecule has 1 aromatic rings. The minimum atomic E-state index is -1.14. The number of aliphatic hydroxyl groups excluding tert-OH is 2. The minimum absolute atomic E-state index is 0.252. The average molecular weight is 294 g/mol. The fourth-order valence-electron chi connectivity index (χ4n) is 2.65. The van der Waals surface area contributed by atoms with E-state index in [2.05, 4.69) is 6.92 Å². The average Bonchev–Trinajstić information content (AvgIpc) is 2.51. The molecular formula is C18H30O3. The first-order chi connectivity index (χ1) is 10.1. The van der Waals surface area contributed by atoms with Crippen molar-refractivity contribution >= 4 is 0 Å². The summed E-state index contributed by atoms with van der Waals surface area (Å²) in [6, 6.07) is 10.0. The van der Waals surface area contributed by atoms with Crippen LogP contribution in [-0.2, 0) is 6.42 Å². The molecule has 0 radical (unpaired) electrons. The van der Waals surface area contributed by atoms with Gasteiger partial charge in [-0.3, -0.25) is 0 Å². The molecule has 0 saturated heterocycles. The van der Waals surface area contributed by atoms with Crippen LogP contribution in [0.4, 0.5) is 0 Å². The molecule has 3 N–H and O–H groups in total. The van der Waals surface area contributed by atoms with Crippen LogP contribution in [0, 0.1) is 0 Å². The van der Waals surface area contributed by atoms with Crippen LogP contribution in [0.2, 0.25) is 0 Å². The van der Waals surface area contributed by atoms with Crippen LogP contribution in [0.15, 0.2) is 30.3 Å². The molecule has 21 heavy (non-hydrogen) atoms. The Balaban J connectivity index is 2.33. The number of rotatable bonds is 11. The molecule has 2 atom stereocenters. The monoisotopic (exact) mass is 294 g/mol. The van der Waals surface area contributed by atoms with Crippen molar-refractivity contribution in [3.05, 3.63) is 35.9 Å². The van der Waals surface area contributed by atoms with E-state index in [-0.39, 0.29) is 13.0 Å². The van der Waals surface area contributed by atoms with Gasteiger partial charge >= 0.3 is 0 Å². The highest BCUT2D eigenvalue weighted by atomic mass is 16.3. The molecule has 3 nitrogen and oxygen atoms in total. The maximum absolute atomic E-state index is 10.4. The third-order valence-corrected chi connectivity index (χ3v) is 4.01. The van der Waals surface area contributed by atoms with Crippen molar-refractivity contribution < 1.29 is 15.3 Å². The van der Waals surface area contributed by atoms with Gasteiger partial charge in [0.25, 0.3) is 0 Å². The lowest BCUT2D eigenvalue weighted by Gasteiger charge is -2.28. The number of benzene rings is 1. The summed E-state index contributed by atoms with van der Waals surface area (Å²) in [6.45, 7) is 1.87. The highest BCUT2D eigenvalue weighted by Crippen LogP contribution is 2.22. The summed E-state index contributed by atoms with van der Waals surface area (Å²) in [5.74, 6) is 0. The number of hydrogen-bond acceptors (Lipinski definition) is 3. The molecule has 0 aliphatic heterocycles. The third-order valence-electron chi connectivity index (χ3n) is 4.01. The molecule has 0 aliphatic carbocycles. The normalized spacial score (nSPS) is 15.6. The molecule has 0 bridgehead atoms. The van der Waals surface area contributed by atoms with Crippen LogP contribution in [0.25, 0.3) is 0 Å². The van der Waals surface area contributed by atoms with E-state index in [1.807, 2.05) is 30.3 Å². The second-order valence-electron chi connectivity index (χ2n) is 6.08. The van der Waals surface area contributed by atoms with E-state index in [1.54, 1.807) is 0 Å². The predicted molar refractivity (Wildman–Crippen MR) is 86.2 cm³/mol. The SMILES string of the molecule is CCCCCC[C@](O)(CO)C[C@H](O)CCc1ccccc1. The van der Waals surface area contributed by atoms with E-state index in [1.165, 1.54) is 5.56 Å². The minimum Gasteiger partial charge on any atom is -0.393 e. The Hall–Kier alpha value is -0.900. The summed E-state index contributed by atoms with van der Waals surface area (Å²) in [6.07, 6.45) is 5.91. The first-order valence-corrected chi connectivity index (χ1v) is 8.15. The number of aliphatic hydroxyl groups is 3. The van der Waals surface area contributed by atoms with Crippen molar-refractivity contribution in [3.63, 3.8) is 0 Å². The molecule has 1 aromatic carbocycles. The maximum Gasteiger partial charge on any atom is 0.0901 e. The van der Waals surface area contributed by atoms with Crippen molar-refractivity contribution in [1.29, 1.82) is 0 Å². The van der Waals surface area contributed by atoms with Crippen molar-refractivity contribution in [3.8, 4) is 0 Å². The van der Waals surface area contributed by atoms with E-state index >= 15 is 0 Å². The van der Waals surface area contributed by atoms with E-state index < -0.39 is 11.7 Å². The Morgan fingerprint density at radius 2 is 1.81 bits per heavy atom. The lowest BCUT2D eigenvalue weighted by Crippen LogP contribution is -2.37. The second-order valence-corrected chi connectivity index (χ2v) is 6.08. The predicted octanol–water partition coefficient (Wildman–Crippen LogP) is 3.06. The van der Waals surface area contributed by atoms with Gasteiger partial charge < -0.3 is 15.3 Å². The fourth-order valence-corrected chi connectivity index (χ4v) is 2.65. The molecule has 1 rings (SSSR count). The highest BCUT2D eigenvalue weighted by Gasteiger charge is 2.28. The van der Waals surface area contributed by atoms with E-state index in [4.69, 9.17) is 0 Å². The molecule has 0 aromatic heterocycles. The number of unbranched alkanes of at least 4 members (excludes halogenated alkanes) is 3. The zero-order valence-corrected chi connectivity index (χ0v) is 13.2. The summed E-state index contributed by atoms with van der Waals surface area (Å²) in [4.78, 5) is 0. The Bertz CT molecular complexity index is 366. The second kappa shape index (κ2) is 9.93. The molecule has 0 fully saturated rings. The standard InChI is InChI=1S/C18H30O3/c1-2-3-4-8-13-18(21,15-19)14-17(20)12-11-16-9-6-5-7-10-16/h5-7,9-10,17,19-21H,2-4,8,11-15H2,1H3/t17-,18-/m1/s1. The van der Waals surface area contributed by atoms with Crippen LogP contribution in [0.5, 0.6) is 0 Å². The van der Waals surface area contributed by atoms with Crippen LogP contribution < -0.4 is 0 Å². The smallest absolute Gasteiger partial charge is 0.0901 e. The molecule has 0 unspecified atom stereocenters. The van der Waals surface area contributed by atoms with E-state index in [9.17, 15) is 15.3 Å². The quantitative estimate of drug-likeness (QED) is 0.550. The van der Waals surface area contributed by atoms with Gasteiger partial charge in [-0.05, 0) is 24.8 Å². The first kappa shape index (κ1) is 18.1. The Morgan fingerprint density at radius 1 is 1.10 bits per heavy atom. The molecule has 0 aliphatic rings. The summed E-state index contributed by atoms with van der Waals surface area (Å²) >= 11 is 0. The Labute approximate surface area is 128 Å². The Morgan fingerprint density at radius 3 is 2.43 bits per heavy atom. The van der Waals surface area contributed by atoms with Crippen LogP contribution in [0.3, 0.4) is 0 Å². The summed E-state index contributed by atoms with van der Waals surface area (Å²) in [5.41, 5.74) is 0.0520. The topological polar surface area (TPSA) is 60.7 Å². The van der Waals surface area contributed by atoms with Crippen LogP contribution in [0.1, 0.15) is 57.4 Å². The van der Waals surface area contributed by atoms with Gasteiger partial charge in [0, 0.05) is 6.42 Å². The van der Waals surface area contributed by atoms with Gasteiger partial charge in [-0.25, -0.2) is 0 Å². The lowest BCUT2D eigenvalue weighted by atomic mass is 9.89. The lowest BCUT2D eigenvalue weighted by molar-refractivity contribution is -0.0580. The van der Waals surface area contributed by atoms with Gasteiger partial charge in [-0.1, -0.05) is 62.9 Å². The summed E-state index contributed by atoms with van der Waals surface area (Å²) in [5, 5.41) is 29.9. The van der Waals surface area contributed by atoms with Gasteiger partial charge in [0.05, 0.1) is 18.3 Å². The van der Waals surface area contributed by atoms with Crippen LogP contribution >= 0.6 is 0 Å². The molecule has 120 valence electrons. The Kier molecular flexibility index (Phi) is 8.58. The largest absolute Gasteiger partial charge is 0.393 e. The molecule has 0 amide bonds. The summed E-state index contributed by atoms with van der Waals surface area (Å²) in [7, 11) is 0. The third kappa shape index (κ3) is 7.60. The fraction of sp³-hybridized carbons (Fsp3) is 0.667. The highest BCUT2D eigenvalue weighted by molar-refractivity contribution is 5.14. The molecule has 0 saturated carbocycles. The maximum atomic E-state index is 10.4. The van der Waals surface area contributed by atoms with Gasteiger partial charge in [0.15, 0.2) is 0 Å². The van der Waals surface area contributed by atoms with Crippen molar-refractivity contribution in [2.45, 2.75) is 70.0 Å². The first-order valence-electron chi connectivity index (χ1n) is 8.15.